The fraction of sp³-hybridized carbons (Fsp3) is 0.200. The molecule has 5 nitrogen and oxygen atoms in total. The summed E-state index contributed by atoms with van der Waals surface area (Å²) in [4.78, 5) is 8.97. The lowest BCUT2D eigenvalue weighted by atomic mass is 10.2. The largest absolute Gasteiger partial charge is 0.497 e. The molecule has 0 amide bonds. The van der Waals surface area contributed by atoms with Gasteiger partial charge in [-0.2, -0.15) is 4.98 Å². The van der Waals surface area contributed by atoms with Crippen LogP contribution >= 0.6 is 11.6 Å². The molecule has 0 atom stereocenters. The zero-order valence-electron chi connectivity index (χ0n) is 15.0. The molecule has 0 spiro atoms. The van der Waals surface area contributed by atoms with Gasteiger partial charge < -0.3 is 15.4 Å². The molecular weight excluding hydrogens is 348 g/mol. The van der Waals surface area contributed by atoms with Crippen LogP contribution in [0.3, 0.4) is 0 Å². The Labute approximate surface area is 158 Å². The van der Waals surface area contributed by atoms with Crippen LogP contribution in [-0.4, -0.2) is 17.1 Å². The number of halogens is 1. The van der Waals surface area contributed by atoms with Gasteiger partial charge in [0.25, 0.3) is 0 Å². The molecule has 26 heavy (non-hydrogen) atoms. The Morgan fingerprint density at radius 3 is 2.46 bits per heavy atom. The number of benzene rings is 2. The van der Waals surface area contributed by atoms with Crippen LogP contribution in [0, 0.1) is 13.8 Å². The zero-order valence-corrected chi connectivity index (χ0v) is 15.8. The van der Waals surface area contributed by atoms with Crippen molar-refractivity contribution >= 4 is 29.1 Å². The van der Waals surface area contributed by atoms with Crippen molar-refractivity contribution in [3.8, 4) is 5.75 Å². The monoisotopic (exact) mass is 368 g/mol. The van der Waals surface area contributed by atoms with Crippen molar-refractivity contribution < 1.29 is 4.74 Å². The Morgan fingerprint density at radius 1 is 1.00 bits per heavy atom. The normalized spacial score (nSPS) is 10.5. The number of ether oxygens (including phenoxy) is 1. The van der Waals surface area contributed by atoms with Crippen molar-refractivity contribution in [1.82, 2.24) is 9.97 Å². The Bertz CT molecular complexity index is 897. The molecule has 0 radical (unpaired) electrons. The Balaban J connectivity index is 1.71. The van der Waals surface area contributed by atoms with Gasteiger partial charge in [0.15, 0.2) is 0 Å². The Hall–Kier alpha value is -2.79. The molecule has 1 aromatic heterocycles. The Kier molecular flexibility index (Phi) is 5.58. The quantitative estimate of drug-likeness (QED) is 0.633. The van der Waals surface area contributed by atoms with E-state index >= 15 is 0 Å². The van der Waals surface area contributed by atoms with E-state index in [9.17, 15) is 0 Å². The number of nitrogens with one attached hydrogen (secondary N) is 2. The highest BCUT2D eigenvalue weighted by molar-refractivity contribution is 6.31. The van der Waals surface area contributed by atoms with E-state index in [0.29, 0.717) is 12.5 Å². The lowest BCUT2D eigenvalue weighted by molar-refractivity contribution is 0.414. The third-order valence-corrected chi connectivity index (χ3v) is 4.32. The maximum absolute atomic E-state index is 6.19. The second-order valence-electron chi connectivity index (χ2n) is 6.01. The number of aryl methyl sites for hydroxylation is 2. The second-order valence-corrected chi connectivity index (χ2v) is 6.42. The molecule has 0 fully saturated rings. The topological polar surface area (TPSA) is 59.1 Å². The summed E-state index contributed by atoms with van der Waals surface area (Å²) >= 11 is 6.19. The number of aromatic nitrogens is 2. The molecule has 0 aliphatic heterocycles. The van der Waals surface area contributed by atoms with Crippen LogP contribution in [0.1, 0.15) is 16.8 Å². The third-order valence-electron chi connectivity index (χ3n) is 3.91. The van der Waals surface area contributed by atoms with Crippen molar-refractivity contribution in [2.75, 3.05) is 17.7 Å². The van der Waals surface area contributed by atoms with Crippen LogP contribution in [0.2, 0.25) is 5.02 Å². The molecule has 1 heterocycles. The van der Waals surface area contributed by atoms with E-state index in [1.54, 1.807) is 7.11 Å². The van der Waals surface area contributed by atoms with Crippen LogP contribution in [0.4, 0.5) is 17.5 Å². The third kappa shape index (κ3) is 4.64. The van der Waals surface area contributed by atoms with Gasteiger partial charge >= 0.3 is 0 Å². The summed E-state index contributed by atoms with van der Waals surface area (Å²) in [6, 6.07) is 15.6. The van der Waals surface area contributed by atoms with Crippen LogP contribution in [0.25, 0.3) is 0 Å². The van der Waals surface area contributed by atoms with Crippen molar-refractivity contribution in [3.63, 3.8) is 0 Å². The van der Waals surface area contributed by atoms with Gasteiger partial charge in [0.05, 0.1) is 7.11 Å². The number of anilines is 3. The summed E-state index contributed by atoms with van der Waals surface area (Å²) < 4.78 is 5.17. The van der Waals surface area contributed by atoms with Crippen LogP contribution < -0.4 is 15.4 Å². The number of nitrogens with zero attached hydrogens (tertiary/aromatic N) is 2. The maximum Gasteiger partial charge on any atom is 0.225 e. The smallest absolute Gasteiger partial charge is 0.225 e. The fourth-order valence-electron chi connectivity index (χ4n) is 2.45. The zero-order chi connectivity index (χ0) is 18.5. The highest BCUT2D eigenvalue weighted by Gasteiger charge is 2.05. The van der Waals surface area contributed by atoms with Crippen molar-refractivity contribution in [1.29, 1.82) is 0 Å². The average Bonchev–Trinajstić information content (AvgIpc) is 2.63. The van der Waals surface area contributed by atoms with Crippen molar-refractivity contribution in [2.24, 2.45) is 0 Å². The first kappa shape index (κ1) is 18.0. The number of rotatable bonds is 6. The number of hydrogen-bond acceptors (Lipinski definition) is 5. The summed E-state index contributed by atoms with van der Waals surface area (Å²) in [5.74, 6) is 2.12. The first-order chi connectivity index (χ1) is 12.5. The molecule has 0 aliphatic carbocycles. The van der Waals surface area contributed by atoms with E-state index in [4.69, 9.17) is 16.3 Å². The SMILES string of the molecule is COc1ccc(CNc2nc(C)cc(Nc3ccc(C)c(Cl)c3)n2)cc1. The van der Waals surface area contributed by atoms with Gasteiger partial charge in [-0.15, -0.1) is 0 Å². The average molecular weight is 369 g/mol. The number of methoxy groups -OCH3 is 1. The highest BCUT2D eigenvalue weighted by atomic mass is 35.5. The molecule has 3 rings (SSSR count). The van der Waals surface area contributed by atoms with Crippen molar-refractivity contribution in [2.45, 2.75) is 20.4 Å². The summed E-state index contributed by atoms with van der Waals surface area (Å²) in [7, 11) is 1.66. The van der Waals surface area contributed by atoms with Crippen LogP contribution in [-0.2, 0) is 6.54 Å². The summed E-state index contributed by atoms with van der Waals surface area (Å²) in [5.41, 5.74) is 3.92. The molecule has 6 heteroatoms. The van der Waals surface area contributed by atoms with E-state index < -0.39 is 0 Å². The van der Waals surface area contributed by atoms with E-state index in [2.05, 4.69) is 20.6 Å². The van der Waals surface area contributed by atoms with Gasteiger partial charge in [-0.05, 0) is 49.2 Å². The van der Waals surface area contributed by atoms with Crippen LogP contribution in [0.15, 0.2) is 48.5 Å². The van der Waals surface area contributed by atoms with Gasteiger partial charge in [-0.25, -0.2) is 4.98 Å². The first-order valence-corrected chi connectivity index (χ1v) is 8.67. The molecule has 0 bridgehead atoms. The van der Waals surface area contributed by atoms with E-state index in [1.807, 2.05) is 62.4 Å². The molecule has 0 aliphatic rings. The standard InChI is InChI=1S/C20H21ClN4O/c1-13-4-7-16(11-18(13)21)24-19-10-14(2)23-20(25-19)22-12-15-5-8-17(26-3)9-6-15/h4-11H,12H2,1-3H3,(H2,22,23,24,25). The maximum atomic E-state index is 6.19. The molecule has 0 saturated carbocycles. The molecule has 2 aromatic carbocycles. The molecule has 2 N–H and O–H groups in total. The highest BCUT2D eigenvalue weighted by Crippen LogP contribution is 2.23. The minimum Gasteiger partial charge on any atom is -0.497 e. The second kappa shape index (κ2) is 8.06. The minimum absolute atomic E-state index is 0.571. The summed E-state index contributed by atoms with van der Waals surface area (Å²) in [6.07, 6.45) is 0. The molecule has 3 aromatic rings. The fourth-order valence-corrected chi connectivity index (χ4v) is 2.64. The molecule has 0 unspecified atom stereocenters. The van der Waals surface area contributed by atoms with Gasteiger partial charge in [-0.1, -0.05) is 29.8 Å². The molecular formula is C20H21ClN4O. The molecule has 0 saturated heterocycles. The predicted molar refractivity (Wildman–Crippen MR) is 107 cm³/mol. The Morgan fingerprint density at radius 2 is 1.77 bits per heavy atom. The van der Waals surface area contributed by atoms with Gasteiger partial charge in [0.2, 0.25) is 5.95 Å². The van der Waals surface area contributed by atoms with Gasteiger partial charge in [0, 0.05) is 29.0 Å². The van der Waals surface area contributed by atoms with E-state index in [0.717, 1.165) is 39.1 Å². The number of hydrogen-bond donors (Lipinski definition) is 2. The van der Waals surface area contributed by atoms with Crippen LogP contribution in [0.5, 0.6) is 5.75 Å². The predicted octanol–water partition coefficient (Wildman–Crippen LogP) is 5.11. The summed E-state index contributed by atoms with van der Waals surface area (Å²) in [5, 5.41) is 7.25. The van der Waals surface area contributed by atoms with Gasteiger partial charge in [-0.3, -0.25) is 0 Å². The van der Waals surface area contributed by atoms with Gasteiger partial charge in [0.1, 0.15) is 11.6 Å². The van der Waals surface area contributed by atoms with E-state index in [1.165, 1.54) is 0 Å². The van der Waals surface area contributed by atoms with E-state index in [-0.39, 0.29) is 0 Å². The first-order valence-electron chi connectivity index (χ1n) is 8.29. The minimum atomic E-state index is 0.571. The summed E-state index contributed by atoms with van der Waals surface area (Å²) in [6.45, 7) is 4.54. The van der Waals surface area contributed by atoms with Crippen molar-refractivity contribution in [3.05, 3.63) is 70.4 Å². The molecule has 134 valence electrons. The lowest BCUT2D eigenvalue weighted by Crippen LogP contribution is -2.06. The lowest BCUT2D eigenvalue weighted by Gasteiger charge is -2.11.